The predicted molar refractivity (Wildman–Crippen MR) is 50.0 cm³/mol. The van der Waals surface area contributed by atoms with E-state index in [0.29, 0.717) is 11.4 Å². The van der Waals surface area contributed by atoms with Crippen LogP contribution >= 0.6 is 0 Å². The van der Waals surface area contributed by atoms with Gasteiger partial charge in [-0.3, -0.25) is 0 Å². The van der Waals surface area contributed by atoms with E-state index in [1.165, 1.54) is 18.4 Å². The highest BCUT2D eigenvalue weighted by Gasteiger charge is 2.13. The van der Waals surface area contributed by atoms with E-state index in [2.05, 4.69) is 4.98 Å². The van der Waals surface area contributed by atoms with Gasteiger partial charge in [-0.15, -0.1) is 0 Å². The van der Waals surface area contributed by atoms with Crippen LogP contribution in [0.4, 0.5) is 5.69 Å². The molecule has 2 rings (SSSR count). The van der Waals surface area contributed by atoms with Gasteiger partial charge in [-0.05, 0) is 37.3 Å². The second kappa shape index (κ2) is 3.06. The van der Waals surface area contributed by atoms with Crippen LogP contribution in [0, 0.1) is 11.3 Å². The molecule has 1 heterocycles. The van der Waals surface area contributed by atoms with Crippen molar-refractivity contribution in [2.45, 2.75) is 25.7 Å². The number of nitrogens with two attached hydrogens (primary N) is 1. The first-order valence-corrected chi connectivity index (χ1v) is 4.49. The summed E-state index contributed by atoms with van der Waals surface area (Å²) in [7, 11) is 0. The number of fused-ring (bicyclic) bond motifs is 1. The molecule has 0 unspecified atom stereocenters. The number of aryl methyl sites for hydroxylation is 2. The number of hydrogen-bond donors (Lipinski definition) is 1. The lowest BCUT2D eigenvalue weighted by Gasteiger charge is -2.15. The summed E-state index contributed by atoms with van der Waals surface area (Å²) in [5, 5.41) is 8.73. The molecule has 66 valence electrons. The fraction of sp³-hybridized carbons (Fsp3) is 0.400. The van der Waals surface area contributed by atoms with Gasteiger partial charge in [0.2, 0.25) is 0 Å². The zero-order valence-electron chi connectivity index (χ0n) is 7.38. The van der Waals surface area contributed by atoms with E-state index >= 15 is 0 Å². The van der Waals surface area contributed by atoms with Crippen molar-refractivity contribution in [2.75, 3.05) is 5.73 Å². The third kappa shape index (κ3) is 1.35. The molecule has 0 saturated carbocycles. The Bertz CT molecular complexity index is 376. The third-order valence-electron chi connectivity index (χ3n) is 2.44. The molecular formula is C10H11N3. The van der Waals surface area contributed by atoms with E-state index in [0.717, 1.165) is 18.5 Å². The fourth-order valence-electron chi connectivity index (χ4n) is 1.74. The van der Waals surface area contributed by atoms with Crippen LogP contribution in [0.15, 0.2) is 6.07 Å². The lowest BCUT2D eigenvalue weighted by molar-refractivity contribution is 0.667. The van der Waals surface area contributed by atoms with Crippen LogP contribution < -0.4 is 5.73 Å². The molecule has 0 aliphatic heterocycles. The van der Waals surface area contributed by atoms with Crippen molar-refractivity contribution in [3.63, 3.8) is 0 Å². The van der Waals surface area contributed by atoms with Gasteiger partial charge in [-0.1, -0.05) is 0 Å². The van der Waals surface area contributed by atoms with Gasteiger partial charge in [0, 0.05) is 5.69 Å². The molecule has 0 saturated heterocycles. The third-order valence-corrected chi connectivity index (χ3v) is 2.44. The molecule has 13 heavy (non-hydrogen) atoms. The zero-order valence-corrected chi connectivity index (χ0v) is 7.38. The largest absolute Gasteiger partial charge is 0.396 e. The van der Waals surface area contributed by atoms with Crippen molar-refractivity contribution in [1.82, 2.24) is 4.98 Å². The van der Waals surface area contributed by atoms with Crippen molar-refractivity contribution < 1.29 is 0 Å². The van der Waals surface area contributed by atoms with Crippen LogP contribution in [0.5, 0.6) is 0 Å². The summed E-state index contributed by atoms with van der Waals surface area (Å²) in [6, 6.07) is 3.91. The van der Waals surface area contributed by atoms with Crippen molar-refractivity contribution in [3.8, 4) is 6.07 Å². The quantitative estimate of drug-likeness (QED) is 0.645. The lowest BCUT2D eigenvalue weighted by Crippen LogP contribution is -2.08. The monoisotopic (exact) mass is 173 g/mol. The van der Waals surface area contributed by atoms with Crippen LogP contribution in [-0.2, 0) is 12.8 Å². The minimum Gasteiger partial charge on any atom is -0.396 e. The smallest absolute Gasteiger partial charge is 0.163 e. The summed E-state index contributed by atoms with van der Waals surface area (Å²) in [5.74, 6) is 0. The second-order valence-corrected chi connectivity index (χ2v) is 3.35. The minimum atomic E-state index is 0.376. The number of pyridine rings is 1. The molecule has 0 spiro atoms. The summed E-state index contributed by atoms with van der Waals surface area (Å²) < 4.78 is 0. The number of rotatable bonds is 0. The lowest BCUT2D eigenvalue weighted by atomic mass is 9.95. The highest BCUT2D eigenvalue weighted by atomic mass is 14.8. The van der Waals surface area contributed by atoms with E-state index in [1.807, 2.05) is 12.1 Å². The number of nitrogens with zero attached hydrogens (tertiary/aromatic N) is 2. The molecule has 1 aromatic rings. The number of nitrogen functional groups attached to an aromatic ring is 1. The van der Waals surface area contributed by atoms with Crippen LogP contribution in [0.2, 0.25) is 0 Å². The molecule has 1 aliphatic carbocycles. The van der Waals surface area contributed by atoms with Crippen LogP contribution in [-0.4, -0.2) is 4.98 Å². The molecule has 0 bridgehead atoms. The van der Waals surface area contributed by atoms with E-state index in [1.54, 1.807) is 0 Å². The Balaban J connectivity index is 2.52. The Morgan fingerprint density at radius 3 is 2.92 bits per heavy atom. The zero-order chi connectivity index (χ0) is 9.26. The van der Waals surface area contributed by atoms with E-state index in [-0.39, 0.29) is 0 Å². The summed E-state index contributed by atoms with van der Waals surface area (Å²) in [6.45, 7) is 0. The minimum absolute atomic E-state index is 0.376. The molecular weight excluding hydrogens is 162 g/mol. The molecule has 3 nitrogen and oxygen atoms in total. The molecule has 0 fully saturated rings. The molecule has 0 radical (unpaired) electrons. The summed E-state index contributed by atoms with van der Waals surface area (Å²) >= 11 is 0. The van der Waals surface area contributed by atoms with Gasteiger partial charge < -0.3 is 5.73 Å². The number of anilines is 1. The highest BCUT2D eigenvalue weighted by Crippen LogP contribution is 2.22. The standard InChI is InChI=1S/C10H11N3/c11-6-10-8(12)5-7-3-1-2-4-9(7)13-10/h5H,1-4,12H2. The molecule has 2 N–H and O–H groups in total. The van der Waals surface area contributed by atoms with E-state index in [9.17, 15) is 0 Å². The van der Waals surface area contributed by atoms with Gasteiger partial charge in [0.1, 0.15) is 6.07 Å². The van der Waals surface area contributed by atoms with Crippen molar-refractivity contribution in [3.05, 3.63) is 23.0 Å². The summed E-state index contributed by atoms with van der Waals surface area (Å²) in [5.41, 5.74) is 8.85. The number of aromatic nitrogens is 1. The Labute approximate surface area is 77.2 Å². The first-order valence-electron chi connectivity index (χ1n) is 4.49. The van der Waals surface area contributed by atoms with Crippen LogP contribution in [0.25, 0.3) is 0 Å². The van der Waals surface area contributed by atoms with Gasteiger partial charge in [0.05, 0.1) is 5.69 Å². The number of nitriles is 1. The predicted octanol–water partition coefficient (Wildman–Crippen LogP) is 1.41. The Hall–Kier alpha value is -1.56. The average molecular weight is 173 g/mol. The Morgan fingerprint density at radius 2 is 2.15 bits per heavy atom. The SMILES string of the molecule is N#Cc1nc2c(cc1N)CCCC2. The molecule has 3 heteroatoms. The highest BCUT2D eigenvalue weighted by molar-refractivity contribution is 5.52. The van der Waals surface area contributed by atoms with Gasteiger partial charge in [-0.2, -0.15) is 5.26 Å². The van der Waals surface area contributed by atoms with Crippen molar-refractivity contribution in [2.24, 2.45) is 0 Å². The van der Waals surface area contributed by atoms with E-state index in [4.69, 9.17) is 11.0 Å². The number of hydrogen-bond acceptors (Lipinski definition) is 3. The van der Waals surface area contributed by atoms with Gasteiger partial charge in [0.15, 0.2) is 5.69 Å². The fourth-order valence-corrected chi connectivity index (χ4v) is 1.74. The maximum Gasteiger partial charge on any atom is 0.163 e. The van der Waals surface area contributed by atoms with E-state index < -0.39 is 0 Å². The molecule has 1 aliphatic rings. The molecule has 0 aromatic carbocycles. The van der Waals surface area contributed by atoms with Crippen LogP contribution in [0.3, 0.4) is 0 Å². The van der Waals surface area contributed by atoms with Crippen molar-refractivity contribution in [1.29, 1.82) is 5.26 Å². The van der Waals surface area contributed by atoms with Crippen molar-refractivity contribution >= 4 is 5.69 Å². The maximum absolute atomic E-state index is 8.73. The normalized spacial score (nSPS) is 14.7. The molecule has 1 aromatic heterocycles. The second-order valence-electron chi connectivity index (χ2n) is 3.35. The summed E-state index contributed by atoms with van der Waals surface area (Å²) in [4.78, 5) is 4.25. The molecule has 0 amide bonds. The average Bonchev–Trinajstić information content (AvgIpc) is 2.17. The van der Waals surface area contributed by atoms with Gasteiger partial charge in [0.25, 0.3) is 0 Å². The first kappa shape index (κ1) is 8.06. The van der Waals surface area contributed by atoms with Crippen LogP contribution in [0.1, 0.15) is 29.8 Å². The Morgan fingerprint density at radius 1 is 1.38 bits per heavy atom. The van der Waals surface area contributed by atoms with Gasteiger partial charge in [-0.25, -0.2) is 4.98 Å². The first-order chi connectivity index (χ1) is 6.31. The summed E-state index contributed by atoms with van der Waals surface area (Å²) in [6.07, 6.45) is 4.43. The topological polar surface area (TPSA) is 62.7 Å². The Kier molecular flexibility index (Phi) is 1.90. The maximum atomic E-state index is 8.73. The van der Waals surface area contributed by atoms with Gasteiger partial charge >= 0.3 is 0 Å². The molecule has 0 atom stereocenters.